The summed E-state index contributed by atoms with van der Waals surface area (Å²) in [6.45, 7) is 2.01. The smallest absolute Gasteiger partial charge is 0.290 e. The van der Waals surface area contributed by atoms with Crippen LogP contribution < -0.4 is 0 Å². The van der Waals surface area contributed by atoms with E-state index in [1.54, 1.807) is 0 Å². The van der Waals surface area contributed by atoms with Crippen LogP contribution in [0.4, 0.5) is 0 Å². The summed E-state index contributed by atoms with van der Waals surface area (Å²) in [6, 6.07) is 6.99. The molecule has 2 aliphatic heterocycles. The zero-order valence-electron chi connectivity index (χ0n) is 14.9. The predicted octanol–water partition coefficient (Wildman–Crippen LogP) is 3.20. The zero-order chi connectivity index (χ0) is 19.3. The predicted molar refractivity (Wildman–Crippen MR) is 104 cm³/mol. The van der Waals surface area contributed by atoms with Gasteiger partial charge in [-0.1, -0.05) is 35.0 Å². The van der Waals surface area contributed by atoms with Crippen molar-refractivity contribution >= 4 is 39.2 Å². The van der Waals surface area contributed by atoms with E-state index in [9.17, 15) is 14.7 Å². The average Bonchev–Trinajstić information content (AvgIpc) is 2.90. The molecule has 1 saturated carbocycles. The number of hydrogen-bond acceptors (Lipinski definition) is 4. The molecule has 0 aromatic heterocycles. The summed E-state index contributed by atoms with van der Waals surface area (Å²) in [4.78, 5) is 27.9. The number of ether oxygens (including phenoxy) is 1. The van der Waals surface area contributed by atoms with Crippen molar-refractivity contribution in [1.29, 1.82) is 0 Å². The lowest BCUT2D eigenvalue weighted by Gasteiger charge is -2.40. The number of aliphatic hydroxyl groups is 1. The van der Waals surface area contributed by atoms with E-state index in [2.05, 4.69) is 15.9 Å². The second-order valence-electron chi connectivity index (χ2n) is 7.51. The van der Waals surface area contributed by atoms with Gasteiger partial charge in [-0.2, -0.15) is 0 Å². The number of alkyl halides is 1. The Bertz CT molecular complexity index is 826. The number of aliphatic hydroxyl groups excluding tert-OH is 1. The second-order valence-corrected chi connectivity index (χ2v) is 8.99. The molecule has 1 fully saturated rings. The van der Waals surface area contributed by atoms with Gasteiger partial charge in [-0.25, -0.2) is 0 Å². The van der Waals surface area contributed by atoms with Crippen LogP contribution in [0.5, 0.6) is 0 Å². The standard InChI is InChI=1S/C20H21BrClNO4/c1-10-7-15-13(9-14(10)22)18(25)16-17(11-3-2-4-12(21)8-11)23(5-6-24)20(26)19(16)27-15/h2-4,8,10,13-15,17,24H,5-7,9H2,1H3. The van der Waals surface area contributed by atoms with Gasteiger partial charge in [0.15, 0.2) is 11.5 Å². The van der Waals surface area contributed by atoms with Crippen LogP contribution in [-0.2, 0) is 14.3 Å². The Kier molecular flexibility index (Phi) is 5.08. The van der Waals surface area contributed by atoms with Crippen molar-refractivity contribution in [2.45, 2.75) is 37.3 Å². The van der Waals surface area contributed by atoms with Crippen LogP contribution in [0, 0.1) is 11.8 Å². The van der Waals surface area contributed by atoms with Gasteiger partial charge in [0.25, 0.3) is 5.91 Å². The Morgan fingerprint density at radius 2 is 2.11 bits per heavy atom. The summed E-state index contributed by atoms with van der Waals surface area (Å²) in [5, 5.41) is 9.40. The van der Waals surface area contributed by atoms with Crippen LogP contribution >= 0.6 is 27.5 Å². The number of benzene rings is 1. The number of halogens is 2. The van der Waals surface area contributed by atoms with Crippen molar-refractivity contribution in [3.8, 4) is 0 Å². The fourth-order valence-electron chi connectivity index (χ4n) is 4.43. The summed E-state index contributed by atoms with van der Waals surface area (Å²) >= 11 is 9.89. The van der Waals surface area contributed by atoms with Gasteiger partial charge in [-0.3, -0.25) is 9.59 Å². The maximum Gasteiger partial charge on any atom is 0.290 e. The quantitative estimate of drug-likeness (QED) is 0.712. The molecule has 3 aliphatic rings. The number of nitrogens with zero attached hydrogens (tertiary/aromatic N) is 1. The molecule has 2 heterocycles. The highest BCUT2D eigenvalue weighted by Gasteiger charge is 2.53. The number of carbonyl (C=O) groups is 2. The molecule has 0 bridgehead atoms. The molecule has 7 heteroatoms. The maximum atomic E-state index is 13.4. The molecule has 144 valence electrons. The van der Waals surface area contributed by atoms with E-state index in [1.165, 1.54) is 4.90 Å². The van der Waals surface area contributed by atoms with E-state index >= 15 is 0 Å². The van der Waals surface area contributed by atoms with Gasteiger partial charge >= 0.3 is 0 Å². The number of Topliss-reactive ketones (excluding diaryl/α,β-unsaturated/α-hetero) is 1. The van der Waals surface area contributed by atoms with Gasteiger partial charge in [-0.05, 0) is 36.5 Å². The average molecular weight is 455 g/mol. The van der Waals surface area contributed by atoms with E-state index < -0.39 is 6.04 Å². The molecule has 1 N–H and O–H groups in total. The Hall–Kier alpha value is -1.37. The molecule has 1 aromatic carbocycles. The molecule has 27 heavy (non-hydrogen) atoms. The number of β-amino-alcohol motifs (C(OH)–C–C–N with tert-alkyl or cyclic N) is 1. The molecule has 0 spiro atoms. The lowest BCUT2D eigenvalue weighted by molar-refractivity contribution is -0.136. The van der Waals surface area contributed by atoms with Gasteiger partial charge in [0.1, 0.15) is 6.10 Å². The van der Waals surface area contributed by atoms with E-state index in [-0.39, 0.29) is 53.9 Å². The molecule has 1 aliphatic carbocycles. The molecule has 0 saturated heterocycles. The highest BCUT2D eigenvalue weighted by atomic mass is 79.9. The Morgan fingerprint density at radius 1 is 1.33 bits per heavy atom. The lowest BCUT2D eigenvalue weighted by atomic mass is 9.74. The first-order chi connectivity index (χ1) is 12.9. The SMILES string of the molecule is CC1CC2OC3=C(C(=O)C2CC1Cl)C(c1cccc(Br)c1)N(CCO)C3=O. The maximum absolute atomic E-state index is 13.4. The molecule has 1 aromatic rings. The van der Waals surface area contributed by atoms with Crippen molar-refractivity contribution in [3.05, 3.63) is 45.6 Å². The van der Waals surface area contributed by atoms with Gasteiger partial charge in [0.05, 0.1) is 24.1 Å². The molecular formula is C20H21BrClNO4. The topological polar surface area (TPSA) is 66.8 Å². The molecular weight excluding hydrogens is 434 g/mol. The van der Waals surface area contributed by atoms with Crippen molar-refractivity contribution in [2.24, 2.45) is 11.8 Å². The summed E-state index contributed by atoms with van der Waals surface area (Å²) < 4.78 is 6.95. The van der Waals surface area contributed by atoms with E-state index in [1.807, 2.05) is 31.2 Å². The fourth-order valence-corrected chi connectivity index (χ4v) is 5.14. The van der Waals surface area contributed by atoms with Crippen LogP contribution in [-0.4, -0.2) is 46.3 Å². The van der Waals surface area contributed by atoms with Crippen LogP contribution in [0.25, 0.3) is 0 Å². The Balaban J connectivity index is 1.78. The third-order valence-corrected chi connectivity index (χ3v) is 6.91. The van der Waals surface area contributed by atoms with E-state index in [0.29, 0.717) is 18.4 Å². The first-order valence-electron chi connectivity index (χ1n) is 9.18. The highest BCUT2D eigenvalue weighted by Crippen LogP contribution is 2.48. The number of rotatable bonds is 3. The van der Waals surface area contributed by atoms with Crippen LogP contribution in [0.3, 0.4) is 0 Å². The van der Waals surface area contributed by atoms with Crippen molar-refractivity contribution in [1.82, 2.24) is 4.90 Å². The normalized spacial score (nSPS) is 33.0. The first-order valence-corrected chi connectivity index (χ1v) is 10.4. The lowest BCUT2D eigenvalue weighted by Crippen LogP contribution is -2.44. The minimum absolute atomic E-state index is 0.0439. The van der Waals surface area contributed by atoms with E-state index in [0.717, 1.165) is 10.0 Å². The van der Waals surface area contributed by atoms with Crippen LogP contribution in [0.15, 0.2) is 40.1 Å². The Labute approximate surface area is 171 Å². The van der Waals surface area contributed by atoms with Crippen LogP contribution in [0.2, 0.25) is 0 Å². The molecule has 1 amide bonds. The van der Waals surface area contributed by atoms with Gasteiger partial charge in [0, 0.05) is 16.4 Å². The largest absolute Gasteiger partial charge is 0.483 e. The molecule has 4 rings (SSSR count). The third kappa shape index (κ3) is 3.12. The molecule has 5 unspecified atom stereocenters. The highest BCUT2D eigenvalue weighted by molar-refractivity contribution is 9.10. The molecule has 5 nitrogen and oxygen atoms in total. The third-order valence-electron chi connectivity index (χ3n) is 5.81. The van der Waals surface area contributed by atoms with E-state index in [4.69, 9.17) is 16.3 Å². The first kappa shape index (κ1) is 19.0. The number of carbonyl (C=O) groups excluding carboxylic acids is 2. The Morgan fingerprint density at radius 3 is 2.81 bits per heavy atom. The fraction of sp³-hybridized carbons (Fsp3) is 0.500. The molecule has 5 atom stereocenters. The van der Waals surface area contributed by atoms with Crippen molar-refractivity contribution in [3.63, 3.8) is 0 Å². The second kappa shape index (κ2) is 7.22. The van der Waals surface area contributed by atoms with Gasteiger partial charge in [-0.15, -0.1) is 11.6 Å². The minimum Gasteiger partial charge on any atom is -0.483 e. The molecule has 0 radical (unpaired) electrons. The number of fused-ring (bicyclic) bond motifs is 1. The van der Waals surface area contributed by atoms with Crippen LogP contribution in [0.1, 0.15) is 31.4 Å². The van der Waals surface area contributed by atoms with Gasteiger partial charge < -0.3 is 14.7 Å². The van der Waals surface area contributed by atoms with Gasteiger partial charge in [0.2, 0.25) is 0 Å². The van der Waals surface area contributed by atoms with Crippen molar-refractivity contribution < 1.29 is 19.4 Å². The summed E-state index contributed by atoms with van der Waals surface area (Å²) in [6.07, 6.45) is 0.918. The number of ketones is 1. The van der Waals surface area contributed by atoms with Crippen molar-refractivity contribution in [2.75, 3.05) is 13.2 Å². The summed E-state index contributed by atoms with van der Waals surface area (Å²) in [5.41, 5.74) is 1.23. The monoisotopic (exact) mass is 453 g/mol. The minimum atomic E-state index is -0.543. The number of hydrogen-bond donors (Lipinski definition) is 1. The number of amides is 1. The summed E-state index contributed by atoms with van der Waals surface area (Å²) in [7, 11) is 0. The zero-order valence-corrected chi connectivity index (χ0v) is 17.2. The summed E-state index contributed by atoms with van der Waals surface area (Å²) in [5.74, 6) is -0.304.